The maximum atomic E-state index is 11.0. The lowest BCUT2D eigenvalue weighted by atomic mass is 9.93. The molecule has 1 N–H and O–H groups in total. The quantitative estimate of drug-likeness (QED) is 0.263. The van der Waals surface area contributed by atoms with Gasteiger partial charge in [-0.2, -0.15) is 0 Å². The van der Waals surface area contributed by atoms with Gasteiger partial charge in [0.2, 0.25) is 0 Å². The van der Waals surface area contributed by atoms with E-state index in [2.05, 4.69) is 73.3 Å². The number of unbranched alkanes of at least 4 members (excludes halogenated alkanes) is 3. The number of fused-ring (bicyclic) bond motifs is 3. The van der Waals surface area contributed by atoms with Gasteiger partial charge in [0, 0.05) is 0 Å². The highest BCUT2D eigenvalue weighted by Gasteiger charge is 2.14. The molecule has 156 valence electrons. The van der Waals surface area contributed by atoms with E-state index in [0.29, 0.717) is 0 Å². The first-order chi connectivity index (χ1) is 14.2. The van der Waals surface area contributed by atoms with Crippen molar-refractivity contribution in [1.29, 1.82) is 0 Å². The molecule has 29 heavy (non-hydrogen) atoms. The number of rotatable bonds is 12. The van der Waals surface area contributed by atoms with Gasteiger partial charge in [0.1, 0.15) is 0 Å². The second kappa shape index (κ2) is 11.3. The summed E-state index contributed by atoms with van der Waals surface area (Å²) in [6.07, 6.45) is 7.76. The Kier molecular flexibility index (Phi) is 8.52. The lowest BCUT2D eigenvalue weighted by molar-refractivity contribution is 0.162. The summed E-state index contributed by atoms with van der Waals surface area (Å²) in [5.41, 5.74) is 1.08. The minimum Gasteiger partial charge on any atom is -0.388 e. The maximum absolute atomic E-state index is 11.0. The van der Waals surface area contributed by atoms with Gasteiger partial charge < -0.3 is 10.0 Å². The van der Waals surface area contributed by atoms with Gasteiger partial charge in [-0.1, -0.05) is 75.2 Å². The zero-order valence-electron chi connectivity index (χ0n) is 18.2. The van der Waals surface area contributed by atoms with Crippen molar-refractivity contribution in [2.24, 2.45) is 0 Å². The minimum absolute atomic E-state index is 0.399. The summed E-state index contributed by atoms with van der Waals surface area (Å²) < 4.78 is 0. The van der Waals surface area contributed by atoms with Crippen LogP contribution in [-0.4, -0.2) is 29.6 Å². The fourth-order valence-corrected chi connectivity index (χ4v) is 4.29. The first-order valence-electron chi connectivity index (χ1n) is 11.6. The number of hydrogen-bond acceptors (Lipinski definition) is 2. The summed E-state index contributed by atoms with van der Waals surface area (Å²) in [5, 5.41) is 15.9. The van der Waals surface area contributed by atoms with Gasteiger partial charge in [-0.3, -0.25) is 0 Å². The largest absolute Gasteiger partial charge is 0.388 e. The van der Waals surface area contributed by atoms with E-state index >= 15 is 0 Å². The molecule has 0 fully saturated rings. The molecular weight excluding hydrogens is 354 g/mol. The van der Waals surface area contributed by atoms with Crippen molar-refractivity contribution in [3.8, 4) is 0 Å². The van der Waals surface area contributed by atoms with Crippen LogP contribution in [0.5, 0.6) is 0 Å². The Bertz CT molecular complexity index is 880. The Labute approximate surface area is 176 Å². The molecule has 3 rings (SSSR count). The summed E-state index contributed by atoms with van der Waals surface area (Å²) in [4.78, 5) is 2.62. The predicted molar refractivity (Wildman–Crippen MR) is 127 cm³/mol. The molecule has 0 bridgehead atoms. The number of aliphatic hydroxyl groups excluding tert-OH is 1. The lowest BCUT2D eigenvalue weighted by Crippen LogP contribution is -2.27. The fourth-order valence-electron chi connectivity index (χ4n) is 4.29. The van der Waals surface area contributed by atoms with Crippen LogP contribution >= 0.6 is 0 Å². The number of nitrogens with zero attached hydrogens (tertiary/aromatic N) is 1. The van der Waals surface area contributed by atoms with Gasteiger partial charge in [0.25, 0.3) is 0 Å². The third-order valence-electron chi connectivity index (χ3n) is 6.02. The molecule has 3 aromatic carbocycles. The smallest absolute Gasteiger partial charge is 0.0796 e. The van der Waals surface area contributed by atoms with Gasteiger partial charge in [-0.15, -0.1) is 0 Å². The van der Waals surface area contributed by atoms with E-state index in [1.807, 2.05) is 0 Å². The zero-order valence-corrected chi connectivity index (χ0v) is 18.2. The van der Waals surface area contributed by atoms with E-state index in [4.69, 9.17) is 0 Å². The Balaban J connectivity index is 1.64. The Morgan fingerprint density at radius 3 is 2.00 bits per heavy atom. The van der Waals surface area contributed by atoms with Crippen molar-refractivity contribution in [3.63, 3.8) is 0 Å². The van der Waals surface area contributed by atoms with Crippen LogP contribution in [0.25, 0.3) is 21.5 Å². The zero-order chi connectivity index (χ0) is 20.5. The highest BCUT2D eigenvalue weighted by atomic mass is 16.3. The average molecular weight is 392 g/mol. The lowest BCUT2D eigenvalue weighted by Gasteiger charge is -2.22. The summed E-state index contributed by atoms with van der Waals surface area (Å²) >= 11 is 0. The van der Waals surface area contributed by atoms with Crippen LogP contribution < -0.4 is 0 Å². The molecule has 0 aliphatic rings. The Hall–Kier alpha value is -1.90. The van der Waals surface area contributed by atoms with Crippen molar-refractivity contribution >= 4 is 21.5 Å². The molecule has 0 saturated heterocycles. The first kappa shape index (κ1) is 21.8. The second-order valence-corrected chi connectivity index (χ2v) is 8.29. The molecule has 0 aliphatic heterocycles. The predicted octanol–water partition coefficient (Wildman–Crippen LogP) is 7.10. The topological polar surface area (TPSA) is 23.5 Å². The van der Waals surface area contributed by atoms with E-state index < -0.39 is 6.10 Å². The van der Waals surface area contributed by atoms with Crippen LogP contribution in [0.3, 0.4) is 0 Å². The number of hydrogen-bond donors (Lipinski definition) is 1. The second-order valence-electron chi connectivity index (χ2n) is 8.29. The van der Waals surface area contributed by atoms with Crippen molar-refractivity contribution in [2.75, 3.05) is 19.6 Å². The fraction of sp³-hybridized carbons (Fsp3) is 0.481. The molecule has 0 heterocycles. The monoisotopic (exact) mass is 391 g/mol. The Morgan fingerprint density at radius 2 is 1.31 bits per heavy atom. The molecule has 2 heteroatoms. The van der Waals surface area contributed by atoms with Gasteiger partial charge in [-0.25, -0.2) is 0 Å². The van der Waals surface area contributed by atoms with Crippen LogP contribution in [0.4, 0.5) is 0 Å². The molecule has 0 aliphatic carbocycles. The van der Waals surface area contributed by atoms with E-state index in [9.17, 15) is 5.11 Å². The molecule has 0 spiro atoms. The van der Waals surface area contributed by atoms with Crippen molar-refractivity contribution < 1.29 is 5.11 Å². The summed E-state index contributed by atoms with van der Waals surface area (Å²) in [6.45, 7) is 8.12. The van der Waals surface area contributed by atoms with Crippen LogP contribution in [0.2, 0.25) is 0 Å². The normalized spacial score (nSPS) is 12.8. The molecule has 1 atom stereocenters. The third kappa shape index (κ3) is 5.81. The summed E-state index contributed by atoms with van der Waals surface area (Å²) in [6, 6.07) is 19.2. The highest BCUT2D eigenvalue weighted by Crippen LogP contribution is 2.33. The first-order valence-corrected chi connectivity index (χ1v) is 11.6. The molecule has 0 saturated carbocycles. The van der Waals surface area contributed by atoms with Crippen molar-refractivity contribution in [2.45, 2.75) is 64.9 Å². The summed E-state index contributed by atoms with van der Waals surface area (Å²) in [7, 11) is 0. The average Bonchev–Trinajstić information content (AvgIpc) is 2.77. The van der Waals surface area contributed by atoms with Gasteiger partial charge in [0.15, 0.2) is 0 Å². The standard InChI is InChI=1S/C27H37NO/c1-3-5-18-28(19-6-4-2)20-12-11-17-27(29)26-21-22-13-7-8-14-23(22)24-15-9-10-16-25(24)26/h7-10,13-16,21,27,29H,3-6,11-12,17-20H2,1-2H3. The number of benzene rings is 3. The van der Waals surface area contributed by atoms with E-state index in [1.54, 1.807) is 0 Å². The SMILES string of the molecule is CCCCN(CCCC)CCCCC(O)c1cc2ccccc2c2ccccc12. The third-order valence-corrected chi connectivity index (χ3v) is 6.02. The van der Waals surface area contributed by atoms with Crippen LogP contribution in [0.1, 0.15) is 70.5 Å². The number of aliphatic hydroxyl groups is 1. The van der Waals surface area contributed by atoms with Gasteiger partial charge in [0.05, 0.1) is 6.10 Å². The molecule has 0 amide bonds. The molecule has 0 radical (unpaired) electrons. The molecule has 0 aromatic heterocycles. The maximum Gasteiger partial charge on any atom is 0.0796 e. The van der Waals surface area contributed by atoms with E-state index in [1.165, 1.54) is 60.3 Å². The Morgan fingerprint density at radius 1 is 0.724 bits per heavy atom. The van der Waals surface area contributed by atoms with E-state index in [-0.39, 0.29) is 0 Å². The van der Waals surface area contributed by atoms with Gasteiger partial charge >= 0.3 is 0 Å². The minimum atomic E-state index is -0.399. The summed E-state index contributed by atoms with van der Waals surface area (Å²) in [5.74, 6) is 0. The molecular formula is C27H37NO. The van der Waals surface area contributed by atoms with E-state index in [0.717, 1.165) is 31.4 Å². The highest BCUT2D eigenvalue weighted by molar-refractivity contribution is 6.09. The molecule has 2 nitrogen and oxygen atoms in total. The van der Waals surface area contributed by atoms with Crippen LogP contribution in [0.15, 0.2) is 54.6 Å². The van der Waals surface area contributed by atoms with Crippen molar-refractivity contribution in [3.05, 3.63) is 60.2 Å². The van der Waals surface area contributed by atoms with Crippen LogP contribution in [0, 0.1) is 0 Å². The van der Waals surface area contributed by atoms with Crippen molar-refractivity contribution in [1.82, 2.24) is 4.90 Å². The molecule has 1 unspecified atom stereocenters. The molecule has 3 aromatic rings. The van der Waals surface area contributed by atoms with Gasteiger partial charge in [-0.05, 0) is 84.9 Å². The van der Waals surface area contributed by atoms with Crippen LogP contribution in [-0.2, 0) is 0 Å².